The number of hydrogen-bond acceptors (Lipinski definition) is 4. The van der Waals surface area contributed by atoms with Gasteiger partial charge in [-0.2, -0.15) is 4.31 Å². The van der Waals surface area contributed by atoms with Crippen LogP contribution in [-0.4, -0.2) is 42.7 Å². The number of fused-ring (bicyclic) bond motifs is 2. The van der Waals surface area contributed by atoms with Crippen molar-refractivity contribution in [3.05, 3.63) is 58.7 Å². The van der Waals surface area contributed by atoms with E-state index in [0.29, 0.717) is 43.0 Å². The third kappa shape index (κ3) is 4.38. The number of halogens is 1. The van der Waals surface area contributed by atoms with E-state index in [-0.39, 0.29) is 22.8 Å². The van der Waals surface area contributed by atoms with Gasteiger partial charge >= 0.3 is 0 Å². The topological polar surface area (TPSA) is 79.4 Å². The quantitative estimate of drug-likeness (QED) is 0.684. The maximum Gasteiger partial charge on any atom is 0.253 e. The average molecular weight is 486 g/mol. The van der Waals surface area contributed by atoms with Crippen LogP contribution in [0.25, 0.3) is 0 Å². The Morgan fingerprint density at radius 2 is 1.82 bits per heavy atom. The summed E-state index contributed by atoms with van der Waals surface area (Å²) in [7, 11) is -3.77. The zero-order valence-electron chi connectivity index (χ0n) is 19.8. The number of rotatable bonds is 5. The first kappa shape index (κ1) is 23.4. The van der Waals surface area contributed by atoms with Gasteiger partial charge in [0.25, 0.3) is 5.91 Å². The molecule has 0 radical (unpaired) electrons. The summed E-state index contributed by atoms with van der Waals surface area (Å²) in [6.07, 6.45) is 5.91. The van der Waals surface area contributed by atoms with Crippen LogP contribution in [0.5, 0.6) is 0 Å². The van der Waals surface area contributed by atoms with E-state index in [0.717, 1.165) is 29.8 Å². The Hall–Kier alpha value is -2.32. The van der Waals surface area contributed by atoms with Crippen LogP contribution in [0.15, 0.2) is 35.2 Å². The van der Waals surface area contributed by atoms with Crippen LogP contribution in [0, 0.1) is 31.5 Å². The smallest absolute Gasteiger partial charge is 0.253 e. The molecular weight excluding hydrogens is 453 g/mol. The second-order valence-corrected chi connectivity index (χ2v) is 12.2. The molecule has 3 atom stereocenters. The molecule has 1 aromatic carbocycles. The number of nitrogens with one attached hydrogen (secondary N) is 1. The number of sulfonamides is 1. The highest BCUT2D eigenvalue weighted by atomic mass is 32.2. The van der Waals surface area contributed by atoms with E-state index in [1.165, 1.54) is 35.7 Å². The van der Waals surface area contributed by atoms with Crippen molar-refractivity contribution >= 4 is 15.9 Å². The first-order valence-electron chi connectivity index (χ1n) is 12.3. The fourth-order valence-corrected chi connectivity index (χ4v) is 7.48. The van der Waals surface area contributed by atoms with Crippen LogP contribution >= 0.6 is 0 Å². The maximum absolute atomic E-state index is 14.0. The number of hydrogen-bond donors (Lipinski definition) is 1. The molecule has 2 heterocycles. The summed E-state index contributed by atoms with van der Waals surface area (Å²) in [5.41, 5.74) is 2.63. The molecule has 1 aliphatic heterocycles. The molecule has 34 heavy (non-hydrogen) atoms. The van der Waals surface area contributed by atoms with Gasteiger partial charge in [-0.25, -0.2) is 12.8 Å². The van der Waals surface area contributed by atoms with E-state index >= 15 is 0 Å². The second kappa shape index (κ2) is 9.04. The zero-order chi connectivity index (χ0) is 24.0. The highest BCUT2D eigenvalue weighted by molar-refractivity contribution is 7.89. The van der Waals surface area contributed by atoms with Crippen LogP contribution in [0.4, 0.5) is 4.39 Å². The Morgan fingerprint density at radius 1 is 1.06 bits per heavy atom. The largest absolute Gasteiger partial charge is 0.349 e. The number of piperidine rings is 1. The third-order valence-electron chi connectivity index (χ3n) is 7.98. The number of amides is 1. The molecule has 6 nitrogen and oxygen atoms in total. The van der Waals surface area contributed by atoms with Crippen molar-refractivity contribution in [2.24, 2.45) is 11.8 Å². The molecule has 3 unspecified atom stereocenters. The van der Waals surface area contributed by atoms with Crippen molar-refractivity contribution in [3.63, 3.8) is 0 Å². The van der Waals surface area contributed by atoms with Gasteiger partial charge in [0.15, 0.2) is 0 Å². The number of aryl methyl sites for hydroxylation is 2. The first-order chi connectivity index (χ1) is 16.2. The predicted molar refractivity (Wildman–Crippen MR) is 128 cm³/mol. The Balaban J connectivity index is 1.30. The lowest BCUT2D eigenvalue weighted by molar-refractivity contribution is 0.0920. The minimum Gasteiger partial charge on any atom is -0.349 e. The van der Waals surface area contributed by atoms with Gasteiger partial charge in [-0.15, -0.1) is 0 Å². The third-order valence-corrected chi connectivity index (χ3v) is 9.88. The molecule has 8 heteroatoms. The van der Waals surface area contributed by atoms with Crippen molar-refractivity contribution in [1.82, 2.24) is 14.6 Å². The lowest BCUT2D eigenvalue weighted by atomic mass is 9.90. The summed E-state index contributed by atoms with van der Waals surface area (Å²) >= 11 is 0. The zero-order valence-corrected chi connectivity index (χ0v) is 20.6. The fraction of sp³-hybridized carbons (Fsp3) is 0.538. The van der Waals surface area contributed by atoms with Crippen molar-refractivity contribution in [1.29, 1.82) is 0 Å². The van der Waals surface area contributed by atoms with Crippen molar-refractivity contribution in [2.45, 2.75) is 69.2 Å². The second-order valence-electron chi connectivity index (χ2n) is 10.2. The lowest BCUT2D eigenvalue weighted by Crippen LogP contribution is -2.40. The summed E-state index contributed by atoms with van der Waals surface area (Å²) < 4.78 is 41.5. The lowest BCUT2D eigenvalue weighted by Gasteiger charge is -2.32. The van der Waals surface area contributed by atoms with Crippen LogP contribution in [0.2, 0.25) is 0 Å². The van der Waals surface area contributed by atoms with E-state index in [4.69, 9.17) is 4.98 Å². The number of benzene rings is 1. The summed E-state index contributed by atoms with van der Waals surface area (Å²) in [6.45, 7) is 4.14. The normalized spacial score (nSPS) is 25.6. The minimum atomic E-state index is -3.77. The molecule has 3 fully saturated rings. The summed E-state index contributed by atoms with van der Waals surface area (Å²) in [6, 6.07) is 8.02. The number of aromatic nitrogens is 1. The maximum atomic E-state index is 14.0. The minimum absolute atomic E-state index is 0.00174. The molecule has 0 spiro atoms. The van der Waals surface area contributed by atoms with E-state index in [1.54, 1.807) is 6.92 Å². The Labute approximate surface area is 201 Å². The number of carbonyl (C=O) groups excluding carboxylic acids is 1. The van der Waals surface area contributed by atoms with Crippen LogP contribution in [-0.2, 0) is 10.0 Å². The van der Waals surface area contributed by atoms with Gasteiger partial charge in [-0.1, -0.05) is 12.5 Å². The van der Waals surface area contributed by atoms with Crippen molar-refractivity contribution in [3.8, 4) is 0 Å². The molecule has 2 aliphatic carbocycles. The summed E-state index contributed by atoms with van der Waals surface area (Å²) in [5.74, 6) is 0.758. The molecule has 5 rings (SSSR count). The number of carbonyl (C=O) groups is 1. The molecule has 2 aromatic rings. The Kier molecular flexibility index (Phi) is 6.23. The molecule has 1 amide bonds. The van der Waals surface area contributed by atoms with Crippen molar-refractivity contribution < 1.29 is 17.6 Å². The van der Waals surface area contributed by atoms with Crippen LogP contribution in [0.1, 0.15) is 71.8 Å². The highest BCUT2D eigenvalue weighted by Crippen LogP contribution is 2.44. The molecule has 2 bridgehead atoms. The van der Waals surface area contributed by atoms with Gasteiger partial charge in [0, 0.05) is 30.7 Å². The van der Waals surface area contributed by atoms with Gasteiger partial charge in [0.05, 0.1) is 16.2 Å². The van der Waals surface area contributed by atoms with E-state index in [9.17, 15) is 17.6 Å². The van der Waals surface area contributed by atoms with Gasteiger partial charge in [-0.05, 0) is 87.6 Å². The number of pyridine rings is 1. The molecule has 2 saturated carbocycles. The van der Waals surface area contributed by atoms with Gasteiger partial charge in [0.1, 0.15) is 5.82 Å². The van der Waals surface area contributed by atoms with Gasteiger partial charge in [-0.3, -0.25) is 9.78 Å². The van der Waals surface area contributed by atoms with E-state index in [1.807, 2.05) is 19.1 Å². The Bertz CT molecular complexity index is 1210. The van der Waals surface area contributed by atoms with E-state index in [2.05, 4.69) is 5.32 Å². The Morgan fingerprint density at radius 3 is 2.47 bits per heavy atom. The predicted octanol–water partition coefficient (Wildman–Crippen LogP) is 4.32. The van der Waals surface area contributed by atoms with Gasteiger partial charge < -0.3 is 5.32 Å². The van der Waals surface area contributed by atoms with Crippen LogP contribution < -0.4 is 5.32 Å². The monoisotopic (exact) mass is 485 g/mol. The fourth-order valence-electron chi connectivity index (χ4n) is 6.00. The standard InChI is InChI=1S/C26H32FN3O3S/c1-16-3-7-21(15-23(16)27)34(32,33)30-11-9-19(10-12-30)25-22(8-4-17(2)28-25)26(31)29-24-14-18-5-6-20(24)13-18/h3-4,7-8,15,18-20,24H,5-6,9-14H2,1-2H3,(H,29,31). The SMILES string of the molecule is Cc1ccc(C(=O)NC2CC3CCC2C3)c(C2CCN(S(=O)(=O)c3ccc(C)c(F)c3)CC2)n1. The summed E-state index contributed by atoms with van der Waals surface area (Å²) in [5, 5.41) is 3.27. The summed E-state index contributed by atoms with van der Waals surface area (Å²) in [4.78, 5) is 17.9. The van der Waals surface area contributed by atoms with Crippen molar-refractivity contribution in [2.75, 3.05) is 13.1 Å². The van der Waals surface area contributed by atoms with Crippen LogP contribution in [0.3, 0.4) is 0 Å². The molecule has 3 aliphatic rings. The van der Waals surface area contributed by atoms with Gasteiger partial charge in [0.2, 0.25) is 10.0 Å². The average Bonchev–Trinajstić information content (AvgIpc) is 3.44. The molecule has 1 saturated heterocycles. The molecular formula is C26H32FN3O3S. The molecule has 1 aromatic heterocycles. The van der Waals surface area contributed by atoms with E-state index < -0.39 is 15.8 Å². The first-order valence-corrected chi connectivity index (χ1v) is 13.7. The molecule has 182 valence electrons. The molecule has 1 N–H and O–H groups in total. The number of nitrogens with zero attached hydrogens (tertiary/aromatic N) is 2. The highest BCUT2D eigenvalue weighted by Gasteiger charge is 2.40.